The molecule has 1 unspecified atom stereocenters. The van der Waals surface area contributed by atoms with Gasteiger partial charge >= 0.3 is 0 Å². The number of nitrogens with zero attached hydrogens (tertiary/aromatic N) is 3. The van der Waals surface area contributed by atoms with E-state index in [2.05, 4.69) is 15.3 Å². The standard InChI is InChI=1S/C14H22N4O3/c1-4-15-12-6-16-11(5-17-12)13(20)18-7-10(8-19)21-14(2,3)9-18/h5-6,10,19H,4,7-9H2,1-3H3,(H,15,17). The lowest BCUT2D eigenvalue weighted by atomic mass is 10.0. The fourth-order valence-electron chi connectivity index (χ4n) is 2.42. The van der Waals surface area contributed by atoms with Crippen LogP contribution < -0.4 is 5.32 Å². The summed E-state index contributed by atoms with van der Waals surface area (Å²) in [6.45, 7) is 7.21. The lowest BCUT2D eigenvalue weighted by Crippen LogP contribution is -2.55. The number of anilines is 1. The van der Waals surface area contributed by atoms with E-state index in [1.165, 1.54) is 6.20 Å². The molecule has 2 N–H and O–H groups in total. The van der Waals surface area contributed by atoms with Crippen molar-refractivity contribution in [1.82, 2.24) is 14.9 Å². The van der Waals surface area contributed by atoms with Gasteiger partial charge in [-0.25, -0.2) is 9.97 Å². The van der Waals surface area contributed by atoms with E-state index >= 15 is 0 Å². The maximum Gasteiger partial charge on any atom is 0.274 e. The SMILES string of the molecule is CCNc1cnc(C(=O)N2CC(CO)OC(C)(C)C2)cn1. The Morgan fingerprint density at radius 2 is 2.29 bits per heavy atom. The first-order valence-corrected chi connectivity index (χ1v) is 7.09. The van der Waals surface area contributed by atoms with E-state index in [-0.39, 0.29) is 18.6 Å². The van der Waals surface area contributed by atoms with Crippen molar-refractivity contribution < 1.29 is 14.6 Å². The summed E-state index contributed by atoms with van der Waals surface area (Å²) >= 11 is 0. The van der Waals surface area contributed by atoms with E-state index in [1.54, 1.807) is 11.1 Å². The van der Waals surface area contributed by atoms with Crippen molar-refractivity contribution in [3.05, 3.63) is 18.1 Å². The Morgan fingerprint density at radius 3 is 2.86 bits per heavy atom. The molecule has 1 aromatic heterocycles. The van der Waals surface area contributed by atoms with Crippen LogP contribution in [-0.4, -0.2) is 63.8 Å². The predicted molar refractivity (Wildman–Crippen MR) is 78.1 cm³/mol. The van der Waals surface area contributed by atoms with E-state index in [0.717, 1.165) is 6.54 Å². The number of morpholine rings is 1. The Bertz CT molecular complexity index is 489. The third-order valence-electron chi connectivity index (χ3n) is 3.20. The highest BCUT2D eigenvalue weighted by Crippen LogP contribution is 2.22. The zero-order valence-corrected chi connectivity index (χ0v) is 12.7. The Balaban J connectivity index is 2.11. The number of carbonyl (C=O) groups excluding carboxylic acids is 1. The van der Waals surface area contributed by atoms with Gasteiger partial charge in [-0.15, -0.1) is 0 Å². The summed E-state index contributed by atoms with van der Waals surface area (Å²) in [6.07, 6.45) is 2.65. The molecule has 1 atom stereocenters. The maximum atomic E-state index is 12.5. The zero-order chi connectivity index (χ0) is 15.5. The molecule has 2 rings (SSSR count). The lowest BCUT2D eigenvalue weighted by molar-refractivity contribution is -0.139. The molecule has 0 spiro atoms. The summed E-state index contributed by atoms with van der Waals surface area (Å²) in [4.78, 5) is 22.4. The molecule has 0 bridgehead atoms. The fourth-order valence-corrected chi connectivity index (χ4v) is 2.42. The van der Waals surface area contributed by atoms with Crippen LogP contribution in [0.5, 0.6) is 0 Å². The highest BCUT2D eigenvalue weighted by atomic mass is 16.5. The van der Waals surface area contributed by atoms with Crippen LogP contribution in [0.15, 0.2) is 12.4 Å². The van der Waals surface area contributed by atoms with Gasteiger partial charge in [0.2, 0.25) is 0 Å². The van der Waals surface area contributed by atoms with Crippen LogP contribution in [0, 0.1) is 0 Å². The minimum absolute atomic E-state index is 0.113. The van der Waals surface area contributed by atoms with Crippen molar-refractivity contribution in [1.29, 1.82) is 0 Å². The second-order valence-corrected chi connectivity index (χ2v) is 5.69. The average Bonchev–Trinajstić information content (AvgIpc) is 2.46. The molecule has 7 nitrogen and oxygen atoms in total. The van der Waals surface area contributed by atoms with Crippen LogP contribution in [0.4, 0.5) is 5.82 Å². The summed E-state index contributed by atoms with van der Waals surface area (Å²) in [5.74, 6) is 0.449. The summed E-state index contributed by atoms with van der Waals surface area (Å²) in [5.41, 5.74) is -0.190. The molecular formula is C14H22N4O3. The van der Waals surface area contributed by atoms with E-state index in [9.17, 15) is 9.90 Å². The number of hydrogen-bond acceptors (Lipinski definition) is 6. The minimum atomic E-state index is -0.488. The summed E-state index contributed by atoms with van der Waals surface area (Å²) in [5, 5.41) is 12.3. The number of aliphatic hydroxyl groups is 1. The summed E-state index contributed by atoms with van der Waals surface area (Å²) in [7, 11) is 0. The Kier molecular flexibility index (Phi) is 4.74. The smallest absolute Gasteiger partial charge is 0.274 e. The fraction of sp³-hybridized carbons (Fsp3) is 0.643. The van der Waals surface area contributed by atoms with Gasteiger partial charge in [0.1, 0.15) is 11.5 Å². The van der Waals surface area contributed by atoms with E-state index in [1.807, 2.05) is 20.8 Å². The topological polar surface area (TPSA) is 87.6 Å². The largest absolute Gasteiger partial charge is 0.394 e. The zero-order valence-electron chi connectivity index (χ0n) is 12.7. The molecule has 1 saturated heterocycles. The summed E-state index contributed by atoms with van der Waals surface area (Å²) < 4.78 is 5.70. The molecule has 0 saturated carbocycles. The first kappa shape index (κ1) is 15.7. The molecule has 1 fully saturated rings. The van der Waals surface area contributed by atoms with Gasteiger partial charge in [-0.1, -0.05) is 0 Å². The average molecular weight is 294 g/mol. The van der Waals surface area contributed by atoms with Crippen LogP contribution in [0.3, 0.4) is 0 Å². The van der Waals surface area contributed by atoms with Gasteiger partial charge in [-0.2, -0.15) is 0 Å². The third kappa shape index (κ3) is 3.89. The number of hydrogen-bond donors (Lipinski definition) is 2. The first-order chi connectivity index (χ1) is 9.95. The molecule has 0 radical (unpaired) electrons. The quantitative estimate of drug-likeness (QED) is 0.842. The number of ether oxygens (including phenoxy) is 1. The van der Waals surface area contributed by atoms with Gasteiger partial charge in [0.15, 0.2) is 0 Å². The monoisotopic (exact) mass is 294 g/mol. The molecule has 0 aromatic carbocycles. The number of rotatable bonds is 4. The third-order valence-corrected chi connectivity index (χ3v) is 3.20. The van der Waals surface area contributed by atoms with E-state index < -0.39 is 5.60 Å². The molecule has 116 valence electrons. The van der Waals surface area contributed by atoms with Gasteiger partial charge in [0.25, 0.3) is 5.91 Å². The second-order valence-electron chi connectivity index (χ2n) is 5.69. The van der Waals surface area contributed by atoms with Gasteiger partial charge in [0.05, 0.1) is 30.7 Å². The maximum absolute atomic E-state index is 12.5. The van der Waals surface area contributed by atoms with Crippen molar-refractivity contribution in [2.75, 3.05) is 31.6 Å². The molecule has 1 aliphatic rings. The van der Waals surface area contributed by atoms with Crippen LogP contribution in [-0.2, 0) is 4.74 Å². The Labute approximate surface area is 124 Å². The molecule has 1 aromatic rings. The predicted octanol–water partition coefficient (Wildman–Crippen LogP) is 0.520. The number of amides is 1. The number of aromatic nitrogens is 2. The van der Waals surface area contributed by atoms with Gasteiger partial charge in [-0.05, 0) is 20.8 Å². The molecule has 2 heterocycles. The highest BCUT2D eigenvalue weighted by Gasteiger charge is 2.36. The second kappa shape index (κ2) is 6.36. The first-order valence-electron chi connectivity index (χ1n) is 7.09. The molecule has 1 amide bonds. The van der Waals surface area contributed by atoms with Gasteiger partial charge < -0.3 is 20.1 Å². The molecule has 7 heteroatoms. The number of carbonyl (C=O) groups is 1. The van der Waals surface area contributed by atoms with Crippen LogP contribution >= 0.6 is 0 Å². The highest BCUT2D eigenvalue weighted by molar-refractivity contribution is 5.92. The van der Waals surface area contributed by atoms with Crippen molar-refractivity contribution >= 4 is 11.7 Å². The molecule has 1 aliphatic heterocycles. The van der Waals surface area contributed by atoms with Crippen molar-refractivity contribution in [3.8, 4) is 0 Å². The normalized spacial score (nSPS) is 21.1. The van der Waals surface area contributed by atoms with Gasteiger partial charge in [0, 0.05) is 19.6 Å². The molecule has 21 heavy (non-hydrogen) atoms. The number of aliphatic hydroxyl groups excluding tert-OH is 1. The van der Waals surface area contributed by atoms with Crippen LogP contribution in [0.25, 0.3) is 0 Å². The Hall–Kier alpha value is -1.73. The van der Waals surface area contributed by atoms with Crippen LogP contribution in [0.1, 0.15) is 31.3 Å². The Morgan fingerprint density at radius 1 is 1.52 bits per heavy atom. The molecular weight excluding hydrogens is 272 g/mol. The van der Waals surface area contributed by atoms with E-state index in [0.29, 0.717) is 24.6 Å². The lowest BCUT2D eigenvalue weighted by Gasteiger charge is -2.42. The van der Waals surface area contributed by atoms with Gasteiger partial charge in [-0.3, -0.25) is 4.79 Å². The summed E-state index contributed by atoms with van der Waals surface area (Å²) in [6, 6.07) is 0. The number of nitrogens with one attached hydrogen (secondary N) is 1. The van der Waals surface area contributed by atoms with Crippen molar-refractivity contribution in [2.45, 2.75) is 32.5 Å². The molecule has 0 aliphatic carbocycles. The van der Waals surface area contributed by atoms with Crippen LogP contribution in [0.2, 0.25) is 0 Å². The minimum Gasteiger partial charge on any atom is -0.394 e. The van der Waals surface area contributed by atoms with Crippen molar-refractivity contribution in [3.63, 3.8) is 0 Å². The van der Waals surface area contributed by atoms with Crippen molar-refractivity contribution in [2.24, 2.45) is 0 Å². The van der Waals surface area contributed by atoms with E-state index in [4.69, 9.17) is 4.74 Å².